The summed E-state index contributed by atoms with van der Waals surface area (Å²) in [4.78, 5) is 28.7. The Morgan fingerprint density at radius 3 is 2.42 bits per heavy atom. The molecule has 9 heteroatoms. The fraction of sp³-hybridized carbons (Fsp3) is 0.333. The van der Waals surface area contributed by atoms with Gasteiger partial charge in [0.2, 0.25) is 11.2 Å². The summed E-state index contributed by atoms with van der Waals surface area (Å²) in [5, 5.41) is 0. The van der Waals surface area contributed by atoms with Crippen LogP contribution < -0.4 is 15.8 Å². The first-order chi connectivity index (χ1) is 11.2. The van der Waals surface area contributed by atoms with Crippen LogP contribution in [0.2, 0.25) is 0 Å². The maximum absolute atomic E-state index is 12.9. The van der Waals surface area contributed by atoms with Crippen molar-refractivity contribution in [2.45, 2.75) is 19.6 Å². The molecule has 2 aromatic heterocycles. The zero-order valence-electron chi connectivity index (χ0n) is 13.2. The molecule has 0 amide bonds. The summed E-state index contributed by atoms with van der Waals surface area (Å²) in [6.45, 7) is 2.11. The fourth-order valence-electron chi connectivity index (χ4n) is 2.76. The zero-order valence-corrected chi connectivity index (χ0v) is 13.2. The molecule has 0 saturated carbocycles. The quantitative estimate of drug-likeness (QED) is 0.493. The highest BCUT2D eigenvalue weighted by atomic mass is 19.4. The van der Waals surface area contributed by atoms with Gasteiger partial charge in [-0.3, -0.25) is 13.9 Å². The van der Waals surface area contributed by atoms with Crippen LogP contribution in [0.3, 0.4) is 0 Å². The molecule has 24 heavy (non-hydrogen) atoms. The van der Waals surface area contributed by atoms with Gasteiger partial charge >= 0.3 is 22.9 Å². The third-order valence-corrected chi connectivity index (χ3v) is 4.02. The number of halogens is 3. The van der Waals surface area contributed by atoms with Crippen LogP contribution in [0.5, 0.6) is 0 Å². The molecule has 126 valence electrons. The standard InChI is InChI=1S/C15H14F3N4O2/c1-4-22-10-6-5-8(15(16,17)18)7-9(10)19-12-11(22)13(23)21(3)14(24)20(12)2/h5-7H,4H2,1-3H3/q+1. The smallest absolute Gasteiger partial charge is 0.275 e. The van der Waals surface area contributed by atoms with Crippen LogP contribution in [0, 0.1) is 0 Å². The summed E-state index contributed by atoms with van der Waals surface area (Å²) in [6.07, 6.45) is -4.50. The summed E-state index contributed by atoms with van der Waals surface area (Å²) in [6, 6.07) is 3.16. The number of hydrogen-bond donors (Lipinski definition) is 0. The van der Waals surface area contributed by atoms with Gasteiger partial charge in [0.1, 0.15) is 12.1 Å². The molecule has 0 unspecified atom stereocenters. The Labute approximate surface area is 133 Å². The van der Waals surface area contributed by atoms with Crippen molar-refractivity contribution in [1.29, 1.82) is 0 Å². The van der Waals surface area contributed by atoms with Crippen molar-refractivity contribution in [2.75, 3.05) is 0 Å². The largest absolute Gasteiger partial charge is 0.416 e. The van der Waals surface area contributed by atoms with E-state index in [1.54, 1.807) is 11.5 Å². The van der Waals surface area contributed by atoms with Gasteiger partial charge in [-0.05, 0) is 19.1 Å². The molecule has 2 heterocycles. The number of rotatable bonds is 1. The second-order valence-electron chi connectivity index (χ2n) is 5.44. The first-order valence-corrected chi connectivity index (χ1v) is 7.17. The number of aromatic nitrogens is 4. The van der Waals surface area contributed by atoms with Crippen LogP contribution in [0.1, 0.15) is 12.5 Å². The van der Waals surface area contributed by atoms with Gasteiger partial charge in [-0.15, -0.1) is 0 Å². The topological polar surface area (TPSA) is 60.8 Å². The van der Waals surface area contributed by atoms with Gasteiger partial charge in [0.25, 0.3) is 0 Å². The van der Waals surface area contributed by atoms with Crippen LogP contribution in [0.4, 0.5) is 13.2 Å². The van der Waals surface area contributed by atoms with Gasteiger partial charge in [0, 0.05) is 20.2 Å². The van der Waals surface area contributed by atoms with Crippen LogP contribution in [-0.4, -0.2) is 14.1 Å². The van der Waals surface area contributed by atoms with E-state index in [4.69, 9.17) is 0 Å². The highest BCUT2D eigenvalue weighted by Crippen LogP contribution is 2.30. The number of fused-ring (bicyclic) bond motifs is 2. The summed E-state index contributed by atoms with van der Waals surface area (Å²) in [7, 11) is 2.78. The Kier molecular flexibility index (Phi) is 3.47. The minimum absolute atomic E-state index is 0.0526. The lowest BCUT2D eigenvalue weighted by Crippen LogP contribution is -2.46. The van der Waals surface area contributed by atoms with E-state index in [1.807, 2.05) is 0 Å². The average Bonchev–Trinajstić information content (AvgIpc) is 2.54. The summed E-state index contributed by atoms with van der Waals surface area (Å²) < 4.78 is 42.5. The number of nitrogens with zero attached hydrogens (tertiary/aromatic N) is 4. The normalized spacial score (nSPS) is 12.2. The van der Waals surface area contributed by atoms with E-state index in [-0.39, 0.29) is 16.7 Å². The predicted octanol–water partition coefficient (Wildman–Crippen LogP) is 1.11. The molecule has 0 radical (unpaired) electrons. The fourth-order valence-corrected chi connectivity index (χ4v) is 2.76. The van der Waals surface area contributed by atoms with Crippen molar-refractivity contribution < 1.29 is 17.7 Å². The minimum atomic E-state index is -4.50. The second kappa shape index (κ2) is 5.15. The van der Waals surface area contributed by atoms with Gasteiger partial charge in [-0.1, -0.05) is 0 Å². The molecular formula is C15H14F3N4O2+. The molecule has 0 saturated heterocycles. The molecule has 1 aromatic carbocycles. The van der Waals surface area contributed by atoms with Gasteiger partial charge in [-0.25, -0.2) is 9.78 Å². The Morgan fingerprint density at radius 2 is 1.83 bits per heavy atom. The molecule has 0 fully saturated rings. The molecule has 0 aliphatic carbocycles. The van der Waals surface area contributed by atoms with Crippen molar-refractivity contribution >= 4 is 22.2 Å². The monoisotopic (exact) mass is 339 g/mol. The molecule has 0 N–H and O–H groups in total. The van der Waals surface area contributed by atoms with Crippen LogP contribution >= 0.6 is 0 Å². The van der Waals surface area contributed by atoms with Crippen molar-refractivity contribution in [3.05, 3.63) is 44.6 Å². The van der Waals surface area contributed by atoms with E-state index in [9.17, 15) is 22.8 Å². The van der Waals surface area contributed by atoms with Gasteiger partial charge in [0.15, 0.2) is 0 Å². The van der Waals surface area contributed by atoms with Crippen molar-refractivity contribution in [3.8, 4) is 0 Å². The van der Waals surface area contributed by atoms with E-state index in [0.717, 1.165) is 21.3 Å². The highest BCUT2D eigenvalue weighted by Gasteiger charge is 2.32. The van der Waals surface area contributed by atoms with Crippen LogP contribution in [-0.2, 0) is 26.8 Å². The third-order valence-electron chi connectivity index (χ3n) is 4.02. The van der Waals surface area contributed by atoms with Crippen molar-refractivity contribution in [2.24, 2.45) is 14.1 Å². The Morgan fingerprint density at radius 1 is 1.17 bits per heavy atom. The lowest BCUT2D eigenvalue weighted by atomic mass is 10.1. The molecule has 0 aliphatic heterocycles. The number of hydrogen-bond acceptors (Lipinski definition) is 3. The SMILES string of the molecule is CC[n+]1c2ccc(C(F)(F)F)cc2nc2c1c(=O)n(C)c(=O)n2C. The molecule has 3 rings (SSSR count). The first-order valence-electron chi connectivity index (χ1n) is 7.17. The summed E-state index contributed by atoms with van der Waals surface area (Å²) in [5.41, 5.74) is -1.26. The first kappa shape index (κ1) is 16.2. The number of alkyl halides is 3. The molecule has 0 bridgehead atoms. The Bertz CT molecular complexity index is 1100. The van der Waals surface area contributed by atoms with Gasteiger partial charge < -0.3 is 0 Å². The molecule has 6 nitrogen and oxygen atoms in total. The summed E-state index contributed by atoms with van der Waals surface area (Å²) in [5.74, 6) is 0. The molecular weight excluding hydrogens is 325 g/mol. The number of aryl methyl sites for hydroxylation is 2. The Hall–Kier alpha value is -2.71. The van der Waals surface area contributed by atoms with Gasteiger partial charge in [-0.2, -0.15) is 17.7 Å². The lowest BCUT2D eigenvalue weighted by molar-refractivity contribution is -0.642. The van der Waals surface area contributed by atoms with Crippen molar-refractivity contribution in [1.82, 2.24) is 14.1 Å². The van der Waals surface area contributed by atoms with E-state index in [1.165, 1.54) is 20.2 Å². The van der Waals surface area contributed by atoms with Gasteiger partial charge in [0.05, 0.1) is 5.56 Å². The van der Waals surface area contributed by atoms with E-state index < -0.39 is 23.0 Å². The number of benzene rings is 1. The maximum Gasteiger partial charge on any atom is 0.416 e. The Balaban J connectivity index is 2.58. The average molecular weight is 339 g/mol. The van der Waals surface area contributed by atoms with E-state index in [0.29, 0.717) is 12.1 Å². The molecule has 0 spiro atoms. The zero-order chi connectivity index (χ0) is 17.8. The maximum atomic E-state index is 12.9. The second-order valence-corrected chi connectivity index (χ2v) is 5.44. The van der Waals surface area contributed by atoms with Crippen molar-refractivity contribution in [3.63, 3.8) is 0 Å². The van der Waals surface area contributed by atoms with Crippen LogP contribution in [0.15, 0.2) is 27.8 Å². The minimum Gasteiger partial charge on any atom is -0.275 e. The van der Waals surface area contributed by atoms with Crippen LogP contribution in [0.25, 0.3) is 22.2 Å². The molecule has 3 aromatic rings. The van der Waals surface area contributed by atoms with E-state index >= 15 is 0 Å². The molecule has 0 aliphatic rings. The molecule has 0 atom stereocenters. The third kappa shape index (κ3) is 2.19. The van der Waals surface area contributed by atoms with E-state index in [2.05, 4.69) is 4.98 Å². The lowest BCUT2D eigenvalue weighted by Gasteiger charge is -2.10. The summed E-state index contributed by atoms with van der Waals surface area (Å²) >= 11 is 0. The predicted molar refractivity (Wildman–Crippen MR) is 80.6 cm³/mol. The highest BCUT2D eigenvalue weighted by molar-refractivity contribution is 5.79.